The van der Waals surface area contributed by atoms with Crippen LogP contribution in [-0.4, -0.2) is 48.0 Å². The van der Waals surface area contributed by atoms with Crippen molar-refractivity contribution < 1.29 is 24.5 Å². The summed E-state index contributed by atoms with van der Waals surface area (Å²) in [5.41, 5.74) is 0. The highest BCUT2D eigenvalue weighted by atomic mass is 16.5. The molecule has 0 aliphatic carbocycles. The Hall–Kier alpha value is -1.14. The maximum absolute atomic E-state index is 11.1. The van der Waals surface area contributed by atoms with Crippen LogP contribution < -0.4 is 5.32 Å². The molecule has 0 spiro atoms. The fourth-order valence-corrected chi connectivity index (χ4v) is 0.865. The Morgan fingerprint density at radius 2 is 2.13 bits per heavy atom. The summed E-state index contributed by atoms with van der Waals surface area (Å²) in [7, 11) is 0. The minimum atomic E-state index is -1.54. The van der Waals surface area contributed by atoms with Crippen LogP contribution in [0.5, 0.6) is 0 Å². The van der Waals surface area contributed by atoms with Gasteiger partial charge in [-0.1, -0.05) is 0 Å². The highest BCUT2D eigenvalue weighted by Gasteiger charge is 2.13. The molecule has 15 heavy (non-hydrogen) atoms. The molecule has 0 aromatic heterocycles. The van der Waals surface area contributed by atoms with Gasteiger partial charge in [0.2, 0.25) is 5.91 Å². The van der Waals surface area contributed by atoms with Crippen LogP contribution in [0.2, 0.25) is 0 Å². The van der Waals surface area contributed by atoms with E-state index in [1.807, 2.05) is 6.92 Å². The first-order valence-corrected chi connectivity index (χ1v) is 4.83. The van der Waals surface area contributed by atoms with Crippen LogP contribution in [0, 0.1) is 0 Å². The Morgan fingerprint density at radius 3 is 2.67 bits per heavy atom. The number of nitrogens with one attached hydrogen (secondary N) is 1. The molecule has 0 rings (SSSR count). The van der Waals surface area contributed by atoms with Gasteiger partial charge in [-0.15, -0.1) is 0 Å². The van der Waals surface area contributed by atoms with Gasteiger partial charge >= 0.3 is 5.97 Å². The molecule has 0 aromatic rings. The third-order valence-corrected chi connectivity index (χ3v) is 1.67. The Labute approximate surface area is 88.2 Å². The standard InChI is InChI=1S/C9H17NO5/c1-2-15-5-3-4-8(12)10-6-7(11)9(13)14/h7,11H,2-6H2,1H3,(H,10,12)(H,13,14). The molecule has 0 heterocycles. The number of carboxylic acid groups (broad SMARTS) is 1. The number of aliphatic hydroxyl groups is 1. The number of rotatable bonds is 8. The number of amides is 1. The average Bonchev–Trinajstić information content (AvgIpc) is 2.20. The van der Waals surface area contributed by atoms with Crippen molar-refractivity contribution in [3.63, 3.8) is 0 Å². The van der Waals surface area contributed by atoms with E-state index < -0.39 is 12.1 Å². The van der Waals surface area contributed by atoms with E-state index in [0.717, 1.165) is 0 Å². The molecule has 3 N–H and O–H groups in total. The second kappa shape index (κ2) is 8.19. The van der Waals surface area contributed by atoms with Crippen LogP contribution in [0.15, 0.2) is 0 Å². The summed E-state index contributed by atoms with van der Waals surface area (Å²) < 4.78 is 5.02. The van der Waals surface area contributed by atoms with Crippen molar-refractivity contribution in [2.24, 2.45) is 0 Å². The highest BCUT2D eigenvalue weighted by molar-refractivity contribution is 5.77. The SMILES string of the molecule is CCOCCCC(=O)NCC(O)C(=O)O. The normalized spacial score (nSPS) is 12.1. The molecule has 1 atom stereocenters. The van der Waals surface area contributed by atoms with Gasteiger partial charge in [0, 0.05) is 19.6 Å². The van der Waals surface area contributed by atoms with E-state index in [9.17, 15) is 9.59 Å². The lowest BCUT2D eigenvalue weighted by atomic mass is 10.3. The second-order valence-corrected chi connectivity index (χ2v) is 2.96. The lowest BCUT2D eigenvalue weighted by Crippen LogP contribution is -2.36. The van der Waals surface area contributed by atoms with Gasteiger partial charge in [-0.25, -0.2) is 4.79 Å². The third-order valence-electron chi connectivity index (χ3n) is 1.67. The maximum Gasteiger partial charge on any atom is 0.334 e. The predicted octanol–water partition coefficient (Wildman–Crippen LogP) is -0.635. The van der Waals surface area contributed by atoms with Crippen LogP contribution in [0.4, 0.5) is 0 Å². The van der Waals surface area contributed by atoms with E-state index in [1.54, 1.807) is 0 Å². The van der Waals surface area contributed by atoms with Gasteiger partial charge in [0.25, 0.3) is 0 Å². The molecule has 0 saturated heterocycles. The van der Waals surface area contributed by atoms with E-state index in [-0.39, 0.29) is 18.9 Å². The zero-order chi connectivity index (χ0) is 11.7. The summed E-state index contributed by atoms with van der Waals surface area (Å²) in [6.45, 7) is 2.72. The van der Waals surface area contributed by atoms with Crippen molar-refractivity contribution in [2.75, 3.05) is 19.8 Å². The van der Waals surface area contributed by atoms with Crippen molar-refractivity contribution in [3.05, 3.63) is 0 Å². The van der Waals surface area contributed by atoms with E-state index in [2.05, 4.69) is 5.32 Å². The quantitative estimate of drug-likeness (QED) is 0.472. The number of carbonyl (C=O) groups is 2. The van der Waals surface area contributed by atoms with Gasteiger partial charge in [-0.3, -0.25) is 4.79 Å². The van der Waals surface area contributed by atoms with Gasteiger partial charge in [-0.2, -0.15) is 0 Å². The third kappa shape index (κ3) is 7.90. The van der Waals surface area contributed by atoms with E-state index in [1.165, 1.54) is 0 Å². The first-order chi connectivity index (χ1) is 7.07. The highest BCUT2D eigenvalue weighted by Crippen LogP contribution is 1.90. The van der Waals surface area contributed by atoms with Crippen LogP contribution in [0.1, 0.15) is 19.8 Å². The lowest BCUT2D eigenvalue weighted by Gasteiger charge is -2.07. The molecule has 6 nitrogen and oxygen atoms in total. The Morgan fingerprint density at radius 1 is 1.47 bits per heavy atom. The van der Waals surface area contributed by atoms with E-state index in [4.69, 9.17) is 14.9 Å². The van der Waals surface area contributed by atoms with Gasteiger partial charge in [0.05, 0.1) is 6.54 Å². The molecule has 0 radical (unpaired) electrons. The van der Waals surface area contributed by atoms with Crippen molar-refractivity contribution in [1.82, 2.24) is 5.32 Å². The number of aliphatic hydroxyl groups excluding tert-OH is 1. The van der Waals surface area contributed by atoms with Crippen molar-refractivity contribution >= 4 is 11.9 Å². The molecule has 6 heteroatoms. The van der Waals surface area contributed by atoms with Crippen LogP contribution in [0.25, 0.3) is 0 Å². The fourth-order valence-electron chi connectivity index (χ4n) is 0.865. The Kier molecular flexibility index (Phi) is 7.57. The Balaban J connectivity index is 3.45. The minimum Gasteiger partial charge on any atom is -0.479 e. The molecule has 0 aromatic carbocycles. The number of hydrogen-bond donors (Lipinski definition) is 3. The molecule has 0 aliphatic heterocycles. The second-order valence-electron chi connectivity index (χ2n) is 2.96. The maximum atomic E-state index is 11.1. The average molecular weight is 219 g/mol. The largest absolute Gasteiger partial charge is 0.479 e. The van der Waals surface area contributed by atoms with Gasteiger partial charge < -0.3 is 20.3 Å². The zero-order valence-electron chi connectivity index (χ0n) is 8.73. The first kappa shape index (κ1) is 13.9. The summed E-state index contributed by atoms with van der Waals surface area (Å²) in [5.74, 6) is -1.63. The lowest BCUT2D eigenvalue weighted by molar-refractivity contribution is -0.146. The monoisotopic (exact) mass is 219 g/mol. The molecule has 1 amide bonds. The first-order valence-electron chi connectivity index (χ1n) is 4.83. The van der Waals surface area contributed by atoms with Gasteiger partial charge in [0.1, 0.15) is 0 Å². The van der Waals surface area contributed by atoms with Crippen LogP contribution in [0.3, 0.4) is 0 Å². The molecule has 0 aliphatic rings. The summed E-state index contributed by atoms with van der Waals surface area (Å²) in [4.78, 5) is 21.3. The summed E-state index contributed by atoms with van der Waals surface area (Å²) in [6, 6.07) is 0. The number of ether oxygens (including phenoxy) is 1. The number of aliphatic carboxylic acids is 1. The van der Waals surface area contributed by atoms with E-state index >= 15 is 0 Å². The Bertz CT molecular complexity index is 207. The van der Waals surface area contributed by atoms with Crippen LogP contribution >= 0.6 is 0 Å². The fraction of sp³-hybridized carbons (Fsp3) is 0.778. The minimum absolute atomic E-state index is 0.261. The molecule has 0 fully saturated rings. The number of hydrogen-bond acceptors (Lipinski definition) is 4. The van der Waals surface area contributed by atoms with Crippen LogP contribution in [-0.2, 0) is 14.3 Å². The molecule has 0 saturated carbocycles. The summed E-state index contributed by atoms with van der Waals surface area (Å²) >= 11 is 0. The summed E-state index contributed by atoms with van der Waals surface area (Å²) in [6.07, 6.45) is -0.685. The summed E-state index contributed by atoms with van der Waals surface area (Å²) in [5, 5.41) is 19.5. The van der Waals surface area contributed by atoms with Gasteiger partial charge in [0.15, 0.2) is 6.10 Å². The topological polar surface area (TPSA) is 95.9 Å². The predicted molar refractivity (Wildman–Crippen MR) is 52.4 cm³/mol. The number of carbonyl (C=O) groups excluding carboxylic acids is 1. The smallest absolute Gasteiger partial charge is 0.334 e. The van der Waals surface area contributed by atoms with Crippen molar-refractivity contribution in [1.29, 1.82) is 0 Å². The zero-order valence-corrected chi connectivity index (χ0v) is 8.73. The van der Waals surface area contributed by atoms with Gasteiger partial charge in [-0.05, 0) is 13.3 Å². The number of carboxylic acids is 1. The van der Waals surface area contributed by atoms with E-state index in [0.29, 0.717) is 19.6 Å². The molecular formula is C9H17NO5. The molecule has 1 unspecified atom stereocenters. The molecular weight excluding hydrogens is 202 g/mol. The molecule has 0 bridgehead atoms. The van der Waals surface area contributed by atoms with Crippen molar-refractivity contribution in [2.45, 2.75) is 25.9 Å². The van der Waals surface area contributed by atoms with Crippen molar-refractivity contribution in [3.8, 4) is 0 Å². The molecule has 88 valence electrons.